The zero-order chi connectivity index (χ0) is 6.57. The Morgan fingerprint density at radius 2 is 1.88 bits per heavy atom. The number of hydrogen-bond donors (Lipinski definition) is 0. The van der Waals surface area contributed by atoms with Crippen molar-refractivity contribution in [2.24, 2.45) is 11.8 Å². The molecule has 0 fully saturated rings. The minimum Gasteiger partial charge on any atom is -0.251 e. The molecule has 0 bridgehead atoms. The predicted molar refractivity (Wildman–Crippen MR) is 34.6 cm³/mol. The molecule has 1 unspecified atom stereocenters. The second kappa shape index (κ2) is 3.88. The van der Waals surface area contributed by atoms with Crippen LogP contribution in [0.5, 0.6) is 0 Å². The summed E-state index contributed by atoms with van der Waals surface area (Å²) in [7, 11) is 0. The van der Waals surface area contributed by atoms with E-state index in [0.717, 1.165) is 6.42 Å². The lowest BCUT2D eigenvalue weighted by atomic mass is 9.95. The molecule has 0 heterocycles. The summed E-state index contributed by atoms with van der Waals surface area (Å²) >= 11 is 0. The Hall–Kier alpha value is -0.0700. The van der Waals surface area contributed by atoms with Crippen molar-refractivity contribution < 1.29 is 4.39 Å². The Morgan fingerprint density at radius 1 is 1.38 bits per heavy atom. The second-order valence-electron chi connectivity index (χ2n) is 2.57. The van der Waals surface area contributed by atoms with Crippen molar-refractivity contribution in [1.29, 1.82) is 0 Å². The summed E-state index contributed by atoms with van der Waals surface area (Å²) in [5, 5.41) is 0. The molecule has 8 heavy (non-hydrogen) atoms. The van der Waals surface area contributed by atoms with Gasteiger partial charge in [-0.25, -0.2) is 0 Å². The first-order chi connectivity index (χ1) is 3.72. The van der Waals surface area contributed by atoms with E-state index in [2.05, 4.69) is 13.8 Å². The maximum Gasteiger partial charge on any atom is 0.0924 e. The van der Waals surface area contributed by atoms with Crippen LogP contribution in [0.4, 0.5) is 4.39 Å². The van der Waals surface area contributed by atoms with Crippen molar-refractivity contribution in [3.05, 3.63) is 0 Å². The van der Waals surface area contributed by atoms with Gasteiger partial charge in [0, 0.05) is 0 Å². The molecule has 0 nitrogen and oxygen atoms in total. The standard InChI is InChI=1S/C7H15F/c1-4-7(5-8)6(2)3/h6-7H,4-5H2,1-3H3. The lowest BCUT2D eigenvalue weighted by molar-refractivity contribution is 0.281. The van der Waals surface area contributed by atoms with Crippen LogP contribution in [0.1, 0.15) is 27.2 Å². The zero-order valence-electron chi connectivity index (χ0n) is 5.95. The van der Waals surface area contributed by atoms with Gasteiger partial charge in [-0.15, -0.1) is 0 Å². The van der Waals surface area contributed by atoms with E-state index in [1.165, 1.54) is 0 Å². The van der Waals surface area contributed by atoms with Gasteiger partial charge in [0.2, 0.25) is 0 Å². The lowest BCUT2D eigenvalue weighted by Gasteiger charge is -2.13. The fourth-order valence-electron chi connectivity index (χ4n) is 0.759. The van der Waals surface area contributed by atoms with Gasteiger partial charge >= 0.3 is 0 Å². The summed E-state index contributed by atoms with van der Waals surface area (Å²) in [6.45, 7) is 6.00. The third-order valence-corrected chi connectivity index (χ3v) is 1.67. The Kier molecular flexibility index (Phi) is 3.84. The normalized spacial score (nSPS) is 14.6. The van der Waals surface area contributed by atoms with Crippen LogP contribution in [0.25, 0.3) is 0 Å². The van der Waals surface area contributed by atoms with Crippen LogP contribution in [0, 0.1) is 11.8 Å². The summed E-state index contributed by atoms with van der Waals surface area (Å²) in [6.07, 6.45) is 0.966. The Bertz CT molecular complexity index is 46.3. The third-order valence-electron chi connectivity index (χ3n) is 1.67. The summed E-state index contributed by atoms with van der Waals surface area (Å²) in [6, 6.07) is 0. The van der Waals surface area contributed by atoms with Gasteiger partial charge in [-0.3, -0.25) is 4.39 Å². The van der Waals surface area contributed by atoms with Gasteiger partial charge in [0.25, 0.3) is 0 Å². The first kappa shape index (κ1) is 7.93. The molecule has 0 saturated heterocycles. The summed E-state index contributed by atoms with van der Waals surface area (Å²) in [5.41, 5.74) is 0. The number of hydrogen-bond acceptors (Lipinski definition) is 0. The smallest absolute Gasteiger partial charge is 0.0924 e. The molecule has 0 saturated carbocycles. The summed E-state index contributed by atoms with van der Waals surface area (Å²) in [4.78, 5) is 0. The minimum absolute atomic E-state index is 0.159. The van der Waals surface area contributed by atoms with Crippen molar-refractivity contribution in [3.63, 3.8) is 0 Å². The van der Waals surface area contributed by atoms with Crippen LogP contribution >= 0.6 is 0 Å². The van der Waals surface area contributed by atoms with Gasteiger partial charge in [-0.1, -0.05) is 27.2 Å². The molecule has 0 aliphatic carbocycles. The van der Waals surface area contributed by atoms with Crippen LogP contribution in [0.15, 0.2) is 0 Å². The maximum absolute atomic E-state index is 11.9. The Labute approximate surface area is 51.1 Å². The Balaban J connectivity index is 3.35. The SMILES string of the molecule is CCC(CF)C(C)C. The van der Waals surface area contributed by atoms with Crippen molar-refractivity contribution in [1.82, 2.24) is 0 Å². The quantitative estimate of drug-likeness (QED) is 0.534. The molecule has 0 N–H and O–H groups in total. The first-order valence-electron chi connectivity index (χ1n) is 3.28. The fourth-order valence-corrected chi connectivity index (χ4v) is 0.759. The third kappa shape index (κ3) is 2.29. The van der Waals surface area contributed by atoms with Crippen molar-refractivity contribution in [3.8, 4) is 0 Å². The van der Waals surface area contributed by atoms with E-state index in [-0.39, 0.29) is 12.6 Å². The topological polar surface area (TPSA) is 0 Å². The molecule has 0 aliphatic rings. The van der Waals surface area contributed by atoms with Crippen LogP contribution in [-0.2, 0) is 0 Å². The Morgan fingerprint density at radius 3 is 1.88 bits per heavy atom. The largest absolute Gasteiger partial charge is 0.251 e. The molecule has 0 aromatic rings. The molecule has 50 valence electrons. The predicted octanol–water partition coefficient (Wildman–Crippen LogP) is 2.64. The minimum atomic E-state index is -0.159. The van der Waals surface area contributed by atoms with Gasteiger partial charge < -0.3 is 0 Å². The highest BCUT2D eigenvalue weighted by molar-refractivity contribution is 4.57. The van der Waals surface area contributed by atoms with Crippen LogP contribution < -0.4 is 0 Å². The molecular formula is C7H15F. The van der Waals surface area contributed by atoms with Gasteiger partial charge in [-0.05, 0) is 11.8 Å². The number of alkyl halides is 1. The summed E-state index contributed by atoms with van der Waals surface area (Å²) < 4.78 is 11.9. The van der Waals surface area contributed by atoms with E-state index in [0.29, 0.717) is 5.92 Å². The van der Waals surface area contributed by atoms with Gasteiger partial charge in [0.05, 0.1) is 6.67 Å². The van der Waals surface area contributed by atoms with E-state index in [9.17, 15) is 4.39 Å². The van der Waals surface area contributed by atoms with E-state index in [1.807, 2.05) is 6.92 Å². The highest BCUT2D eigenvalue weighted by Crippen LogP contribution is 2.14. The van der Waals surface area contributed by atoms with Gasteiger partial charge in [0.15, 0.2) is 0 Å². The van der Waals surface area contributed by atoms with Crippen LogP contribution in [0.3, 0.4) is 0 Å². The maximum atomic E-state index is 11.9. The van der Waals surface area contributed by atoms with Crippen molar-refractivity contribution >= 4 is 0 Å². The van der Waals surface area contributed by atoms with Crippen LogP contribution in [0.2, 0.25) is 0 Å². The van der Waals surface area contributed by atoms with Crippen LogP contribution in [-0.4, -0.2) is 6.67 Å². The van der Waals surface area contributed by atoms with E-state index in [4.69, 9.17) is 0 Å². The monoisotopic (exact) mass is 118 g/mol. The second-order valence-corrected chi connectivity index (χ2v) is 2.57. The molecule has 0 aromatic carbocycles. The highest BCUT2D eigenvalue weighted by Gasteiger charge is 2.08. The molecule has 0 aromatic heterocycles. The average Bonchev–Trinajstić information content (AvgIpc) is 1.69. The summed E-state index contributed by atoms with van der Waals surface area (Å²) in [5.74, 6) is 0.792. The number of rotatable bonds is 3. The molecular weight excluding hydrogens is 103 g/mol. The van der Waals surface area contributed by atoms with E-state index >= 15 is 0 Å². The lowest BCUT2D eigenvalue weighted by Crippen LogP contribution is -2.08. The fraction of sp³-hybridized carbons (Fsp3) is 1.00. The van der Waals surface area contributed by atoms with Crippen molar-refractivity contribution in [2.45, 2.75) is 27.2 Å². The number of halogens is 1. The zero-order valence-corrected chi connectivity index (χ0v) is 5.95. The molecule has 0 spiro atoms. The molecule has 1 heteroatoms. The highest BCUT2D eigenvalue weighted by atomic mass is 19.1. The van der Waals surface area contributed by atoms with Crippen molar-refractivity contribution in [2.75, 3.05) is 6.67 Å². The first-order valence-corrected chi connectivity index (χ1v) is 3.28. The van der Waals surface area contributed by atoms with Gasteiger partial charge in [-0.2, -0.15) is 0 Å². The molecule has 0 amide bonds. The van der Waals surface area contributed by atoms with E-state index < -0.39 is 0 Å². The van der Waals surface area contributed by atoms with Gasteiger partial charge in [0.1, 0.15) is 0 Å². The van der Waals surface area contributed by atoms with E-state index in [1.54, 1.807) is 0 Å². The molecule has 0 radical (unpaired) electrons. The average molecular weight is 118 g/mol. The molecule has 0 aliphatic heterocycles. The molecule has 0 rings (SSSR count). The molecule has 1 atom stereocenters.